The third-order valence-corrected chi connectivity index (χ3v) is 12.6. The lowest BCUT2D eigenvalue weighted by molar-refractivity contribution is -0.230. The highest BCUT2D eigenvalue weighted by molar-refractivity contribution is 5.69. The van der Waals surface area contributed by atoms with E-state index in [0.717, 1.165) is 43.8 Å². The van der Waals surface area contributed by atoms with E-state index in [1.165, 1.54) is 71.3 Å². The molecule has 206 valence electrons. The average Bonchev–Trinajstić information content (AvgIpc) is 3.25. The Kier molecular flexibility index (Phi) is 8.15. The molecule has 4 heteroatoms. The van der Waals surface area contributed by atoms with Crippen molar-refractivity contribution in [2.24, 2.45) is 52.3 Å². The van der Waals surface area contributed by atoms with E-state index in [1.54, 1.807) is 0 Å². The smallest absolute Gasteiger partial charge is 0.305 e. The third kappa shape index (κ3) is 4.59. The van der Waals surface area contributed by atoms with Crippen molar-refractivity contribution in [3.63, 3.8) is 0 Å². The van der Waals surface area contributed by atoms with Crippen LogP contribution in [-0.2, 0) is 19.0 Å². The summed E-state index contributed by atoms with van der Waals surface area (Å²) in [6.45, 7) is 11.9. The van der Waals surface area contributed by atoms with Gasteiger partial charge >= 0.3 is 5.97 Å². The second kappa shape index (κ2) is 10.9. The van der Waals surface area contributed by atoms with Gasteiger partial charge in [0, 0.05) is 13.0 Å². The van der Waals surface area contributed by atoms with E-state index >= 15 is 0 Å². The highest BCUT2D eigenvalue weighted by atomic mass is 16.5. The molecule has 5 aliphatic rings. The van der Waals surface area contributed by atoms with Crippen molar-refractivity contribution in [2.45, 2.75) is 123 Å². The van der Waals surface area contributed by atoms with Crippen molar-refractivity contribution in [2.75, 3.05) is 20.3 Å². The van der Waals surface area contributed by atoms with Crippen LogP contribution >= 0.6 is 0 Å². The van der Waals surface area contributed by atoms with Gasteiger partial charge in [-0.3, -0.25) is 4.79 Å². The number of carbonyl (C=O) groups excluding carboxylic acids is 1. The predicted molar refractivity (Wildman–Crippen MR) is 144 cm³/mol. The van der Waals surface area contributed by atoms with E-state index in [1.807, 2.05) is 0 Å². The Morgan fingerprint density at radius 3 is 2.50 bits per heavy atom. The monoisotopic (exact) mass is 502 g/mol. The van der Waals surface area contributed by atoms with Gasteiger partial charge in [0.25, 0.3) is 0 Å². The van der Waals surface area contributed by atoms with Gasteiger partial charge in [-0.15, -0.1) is 0 Å². The minimum absolute atomic E-state index is 0.0530. The van der Waals surface area contributed by atoms with Gasteiger partial charge < -0.3 is 14.2 Å². The van der Waals surface area contributed by atoms with Gasteiger partial charge in [0.15, 0.2) is 0 Å². The standard InChI is InChI=1S/C32H54O4/c1-6-23-25-11-7-8-17-31(25,3)27-16-18-32(4)24(21(2)12-15-28(33)34-5)13-14-26(32)29(27)30(23)36-22-10-9-19-35-20-22/h21-27,29-30H,6-20H2,1-5H3/t21-,22-,23-,24-,25+,26+,27+,29+,30+,31+,32-/m1/s1. The summed E-state index contributed by atoms with van der Waals surface area (Å²) in [4.78, 5) is 11.9. The number of carbonyl (C=O) groups is 1. The van der Waals surface area contributed by atoms with E-state index in [9.17, 15) is 4.79 Å². The SMILES string of the molecule is CC[C@H]1[C@H](O[C@@H]2CCCOC2)[C@@H]2[C@H](CC[C@]3(C)[C@@H]([C@H](C)CCC(=O)OC)CC[C@@H]23)[C@@]2(C)CCCC[C@@H]12. The van der Waals surface area contributed by atoms with Crippen molar-refractivity contribution in [1.29, 1.82) is 0 Å². The summed E-state index contributed by atoms with van der Waals surface area (Å²) in [5, 5.41) is 0. The Morgan fingerprint density at radius 1 is 0.972 bits per heavy atom. The fourth-order valence-electron chi connectivity index (χ4n) is 10.9. The number of methoxy groups -OCH3 is 1. The first-order valence-corrected chi connectivity index (χ1v) is 15.6. The van der Waals surface area contributed by atoms with Crippen molar-refractivity contribution >= 4 is 5.97 Å². The summed E-state index contributed by atoms with van der Waals surface area (Å²) >= 11 is 0. The number of fused-ring (bicyclic) bond motifs is 5. The molecule has 4 nitrogen and oxygen atoms in total. The van der Waals surface area contributed by atoms with Gasteiger partial charge in [-0.25, -0.2) is 0 Å². The van der Waals surface area contributed by atoms with Gasteiger partial charge in [0.2, 0.25) is 0 Å². The maximum Gasteiger partial charge on any atom is 0.305 e. The lowest BCUT2D eigenvalue weighted by Gasteiger charge is -2.65. The predicted octanol–water partition coefficient (Wildman–Crippen LogP) is 7.43. The second-order valence-electron chi connectivity index (χ2n) is 14.0. The molecule has 0 bridgehead atoms. The van der Waals surface area contributed by atoms with Crippen LogP contribution in [-0.4, -0.2) is 38.5 Å². The van der Waals surface area contributed by atoms with Crippen LogP contribution in [0.5, 0.6) is 0 Å². The zero-order valence-electron chi connectivity index (χ0n) is 23.9. The molecule has 0 amide bonds. The molecule has 0 N–H and O–H groups in total. The molecule has 0 aromatic carbocycles. The Bertz CT molecular complexity index is 761. The Hall–Kier alpha value is -0.610. The summed E-state index contributed by atoms with van der Waals surface area (Å²) in [6, 6.07) is 0. The molecule has 0 radical (unpaired) electrons. The maximum absolute atomic E-state index is 11.9. The Labute approximate surface area is 221 Å². The highest BCUT2D eigenvalue weighted by Gasteiger charge is 2.65. The third-order valence-electron chi connectivity index (χ3n) is 12.6. The fourth-order valence-corrected chi connectivity index (χ4v) is 10.9. The van der Waals surface area contributed by atoms with Crippen LogP contribution in [0.25, 0.3) is 0 Å². The number of hydrogen-bond acceptors (Lipinski definition) is 4. The van der Waals surface area contributed by atoms with Crippen LogP contribution in [0.3, 0.4) is 0 Å². The van der Waals surface area contributed by atoms with Crippen LogP contribution in [0.4, 0.5) is 0 Å². The molecule has 1 heterocycles. The van der Waals surface area contributed by atoms with E-state index in [2.05, 4.69) is 27.7 Å². The molecular weight excluding hydrogens is 448 g/mol. The van der Waals surface area contributed by atoms with Gasteiger partial charge in [0.05, 0.1) is 25.9 Å². The van der Waals surface area contributed by atoms with Crippen LogP contribution in [0.15, 0.2) is 0 Å². The molecule has 1 saturated heterocycles. The lowest BCUT2D eigenvalue weighted by Crippen LogP contribution is -2.62. The quantitative estimate of drug-likeness (QED) is 0.339. The molecular formula is C32H54O4. The average molecular weight is 503 g/mol. The first kappa shape index (κ1) is 27.0. The molecule has 0 aromatic heterocycles. The van der Waals surface area contributed by atoms with Crippen LogP contribution in [0.2, 0.25) is 0 Å². The summed E-state index contributed by atoms with van der Waals surface area (Å²) in [5.74, 6) is 5.00. The molecule has 4 aliphatic carbocycles. The van der Waals surface area contributed by atoms with Gasteiger partial charge in [-0.1, -0.05) is 47.0 Å². The van der Waals surface area contributed by atoms with E-state index in [0.29, 0.717) is 47.0 Å². The summed E-state index contributed by atoms with van der Waals surface area (Å²) in [7, 11) is 1.52. The van der Waals surface area contributed by atoms with Crippen molar-refractivity contribution in [3.8, 4) is 0 Å². The van der Waals surface area contributed by atoms with Gasteiger partial charge in [-0.2, -0.15) is 0 Å². The second-order valence-corrected chi connectivity index (χ2v) is 14.0. The number of esters is 1. The number of ether oxygens (including phenoxy) is 3. The van der Waals surface area contributed by atoms with Crippen molar-refractivity contribution in [1.82, 2.24) is 0 Å². The number of rotatable bonds is 7. The lowest BCUT2D eigenvalue weighted by atomic mass is 9.41. The summed E-state index contributed by atoms with van der Waals surface area (Å²) < 4.78 is 18.1. The van der Waals surface area contributed by atoms with E-state index in [4.69, 9.17) is 14.2 Å². The zero-order chi connectivity index (χ0) is 25.5. The normalized spacial score (nSPS) is 47.4. The van der Waals surface area contributed by atoms with E-state index in [-0.39, 0.29) is 12.1 Å². The molecule has 0 aromatic rings. The minimum Gasteiger partial charge on any atom is -0.469 e. The molecule has 11 atom stereocenters. The Morgan fingerprint density at radius 2 is 1.78 bits per heavy atom. The summed E-state index contributed by atoms with van der Waals surface area (Å²) in [6.07, 6.45) is 16.9. The molecule has 1 aliphatic heterocycles. The number of hydrogen-bond donors (Lipinski definition) is 0. The molecule has 0 spiro atoms. The minimum atomic E-state index is -0.0530. The highest BCUT2D eigenvalue weighted by Crippen LogP contribution is 2.70. The van der Waals surface area contributed by atoms with E-state index < -0.39 is 0 Å². The largest absolute Gasteiger partial charge is 0.469 e. The summed E-state index contributed by atoms with van der Waals surface area (Å²) in [5.41, 5.74) is 0.861. The van der Waals surface area contributed by atoms with Crippen LogP contribution in [0.1, 0.15) is 111 Å². The Balaban J connectivity index is 1.44. The zero-order valence-corrected chi connectivity index (χ0v) is 23.9. The van der Waals surface area contributed by atoms with Crippen LogP contribution < -0.4 is 0 Å². The van der Waals surface area contributed by atoms with Crippen molar-refractivity contribution in [3.05, 3.63) is 0 Å². The van der Waals surface area contributed by atoms with Crippen LogP contribution in [0, 0.1) is 52.3 Å². The van der Waals surface area contributed by atoms with Gasteiger partial charge in [-0.05, 0) is 110 Å². The molecule has 5 fully saturated rings. The first-order valence-electron chi connectivity index (χ1n) is 15.6. The van der Waals surface area contributed by atoms with Gasteiger partial charge in [0.1, 0.15) is 0 Å². The fraction of sp³-hybridized carbons (Fsp3) is 0.969. The first-order chi connectivity index (χ1) is 17.3. The topological polar surface area (TPSA) is 44.8 Å². The maximum atomic E-state index is 11.9. The molecule has 5 rings (SSSR count). The van der Waals surface area contributed by atoms with Crippen molar-refractivity contribution < 1.29 is 19.0 Å². The molecule has 36 heavy (non-hydrogen) atoms. The molecule has 0 unspecified atom stereocenters. The molecule has 4 saturated carbocycles.